The topological polar surface area (TPSA) is 237 Å². The van der Waals surface area contributed by atoms with E-state index in [1.807, 2.05) is 0 Å². The second-order valence-electron chi connectivity index (χ2n) is 30.2. The standard InChI is InChI=1S/C82H160O17P2/c1-7-10-12-14-16-18-20-21-22-23-24-25-26-27-28-29-35-42-48-54-60-66-81(86)98-77(71-93-80(85)65-59-53-47-41-34-31-30-33-38-44-50-56-62-74(4)5)72-96-100(88,89)94-68-76(83)69-95-101(90,91)97-73-78(70-92-79(84)64-58-52-46-40-32-19-17-15-13-11-8-2)99-82(87)67-61-55-49-43-37-36-39-45-51-57-63-75(6)9-3/h74-78,83H,7-73H2,1-6H3,(H,88,89)(H,90,91)/t75?,76-,77-,78-/m1/s1. The highest BCUT2D eigenvalue weighted by Crippen LogP contribution is 2.45. The molecule has 0 aliphatic heterocycles. The third kappa shape index (κ3) is 74.7. The molecule has 600 valence electrons. The summed E-state index contributed by atoms with van der Waals surface area (Å²) in [7, 11) is -9.92. The van der Waals surface area contributed by atoms with Crippen molar-refractivity contribution < 1.29 is 80.2 Å². The Kier molecular flexibility index (Phi) is 72.2. The van der Waals surface area contributed by atoms with Crippen LogP contribution in [-0.4, -0.2) is 96.7 Å². The lowest BCUT2D eigenvalue weighted by Crippen LogP contribution is -2.30. The maximum absolute atomic E-state index is 13.1. The SMILES string of the molecule is CCCCCCCCCCCCCCCCCCCCCCCC(=O)O[C@H](COC(=O)CCCCCCCCCCCCCCC(C)C)COP(=O)(O)OC[C@@H](O)COP(=O)(O)OC[C@@H](COC(=O)CCCCCCCCCCCCC)OC(=O)CCCCCCCCCCCCC(C)CC. The maximum Gasteiger partial charge on any atom is 0.472 e. The molecule has 0 aromatic rings. The van der Waals surface area contributed by atoms with Crippen LogP contribution in [0.5, 0.6) is 0 Å². The average Bonchev–Trinajstić information content (AvgIpc) is 2.04. The highest BCUT2D eigenvalue weighted by molar-refractivity contribution is 7.47. The summed E-state index contributed by atoms with van der Waals surface area (Å²) in [6.45, 7) is 9.67. The van der Waals surface area contributed by atoms with Crippen LogP contribution in [0.3, 0.4) is 0 Å². The van der Waals surface area contributed by atoms with Gasteiger partial charge < -0.3 is 33.8 Å². The molecule has 0 radical (unpaired) electrons. The Morgan fingerprint density at radius 2 is 0.505 bits per heavy atom. The number of aliphatic hydroxyl groups excluding tert-OH is 1. The van der Waals surface area contributed by atoms with Crippen molar-refractivity contribution in [1.29, 1.82) is 0 Å². The number of rotatable bonds is 81. The Morgan fingerprint density at radius 1 is 0.287 bits per heavy atom. The van der Waals surface area contributed by atoms with Crippen LogP contribution in [0.1, 0.15) is 433 Å². The first kappa shape index (κ1) is 99.1. The van der Waals surface area contributed by atoms with Gasteiger partial charge in [0.25, 0.3) is 0 Å². The van der Waals surface area contributed by atoms with E-state index in [0.29, 0.717) is 25.7 Å². The smallest absolute Gasteiger partial charge is 0.462 e. The number of ether oxygens (including phenoxy) is 4. The van der Waals surface area contributed by atoms with Crippen LogP contribution in [0.4, 0.5) is 0 Å². The van der Waals surface area contributed by atoms with Gasteiger partial charge in [0, 0.05) is 25.7 Å². The molecule has 0 heterocycles. The molecule has 0 saturated heterocycles. The minimum Gasteiger partial charge on any atom is -0.462 e. The third-order valence-corrected chi connectivity index (χ3v) is 21.5. The molecule has 0 aliphatic carbocycles. The predicted octanol–water partition coefficient (Wildman–Crippen LogP) is 24.7. The fraction of sp³-hybridized carbons (Fsp3) is 0.951. The number of hydrogen-bond acceptors (Lipinski definition) is 15. The quantitative estimate of drug-likeness (QED) is 0.0222. The monoisotopic (exact) mass is 1480 g/mol. The number of unbranched alkanes of at least 4 members (excludes halogenated alkanes) is 50. The van der Waals surface area contributed by atoms with E-state index in [-0.39, 0.29) is 25.7 Å². The summed E-state index contributed by atoms with van der Waals surface area (Å²) < 4.78 is 68.8. The zero-order valence-corrected chi connectivity index (χ0v) is 68.0. The first-order valence-corrected chi connectivity index (χ1v) is 45.5. The van der Waals surface area contributed by atoms with E-state index < -0.39 is 97.5 Å². The molecule has 19 heteroatoms. The minimum absolute atomic E-state index is 0.107. The Hall–Kier alpha value is -1.94. The number of phosphoric acid groups is 2. The van der Waals surface area contributed by atoms with E-state index in [9.17, 15) is 43.2 Å². The summed E-state index contributed by atoms with van der Waals surface area (Å²) in [5.41, 5.74) is 0. The summed E-state index contributed by atoms with van der Waals surface area (Å²) in [4.78, 5) is 73.1. The van der Waals surface area contributed by atoms with Gasteiger partial charge in [-0.1, -0.05) is 382 Å². The van der Waals surface area contributed by atoms with Gasteiger partial charge in [0.05, 0.1) is 26.4 Å². The van der Waals surface area contributed by atoms with Crippen LogP contribution in [0.25, 0.3) is 0 Å². The van der Waals surface area contributed by atoms with Crippen LogP contribution in [0, 0.1) is 11.8 Å². The molecular weight excluding hydrogens is 1320 g/mol. The van der Waals surface area contributed by atoms with E-state index >= 15 is 0 Å². The summed E-state index contributed by atoms with van der Waals surface area (Å²) in [5.74, 6) is -0.522. The number of carbonyl (C=O) groups is 4. The van der Waals surface area contributed by atoms with Gasteiger partial charge in [0.2, 0.25) is 0 Å². The van der Waals surface area contributed by atoms with Crippen LogP contribution >= 0.6 is 15.6 Å². The maximum atomic E-state index is 13.1. The van der Waals surface area contributed by atoms with Gasteiger partial charge in [-0.3, -0.25) is 37.3 Å². The average molecular weight is 1480 g/mol. The van der Waals surface area contributed by atoms with E-state index in [1.54, 1.807) is 0 Å². The van der Waals surface area contributed by atoms with Crippen LogP contribution in [0.2, 0.25) is 0 Å². The highest BCUT2D eigenvalue weighted by Gasteiger charge is 2.30. The van der Waals surface area contributed by atoms with Crippen molar-refractivity contribution >= 4 is 39.5 Å². The van der Waals surface area contributed by atoms with Crippen LogP contribution in [-0.2, 0) is 65.4 Å². The van der Waals surface area contributed by atoms with Crippen LogP contribution < -0.4 is 0 Å². The number of carbonyl (C=O) groups excluding carboxylic acids is 4. The highest BCUT2D eigenvalue weighted by atomic mass is 31.2. The molecule has 0 saturated carbocycles. The lowest BCUT2D eigenvalue weighted by molar-refractivity contribution is -0.161. The van der Waals surface area contributed by atoms with E-state index in [1.165, 1.54) is 250 Å². The molecule has 0 bridgehead atoms. The zero-order valence-electron chi connectivity index (χ0n) is 66.2. The van der Waals surface area contributed by atoms with Crippen molar-refractivity contribution in [1.82, 2.24) is 0 Å². The number of aliphatic hydroxyl groups is 1. The Labute approximate surface area is 619 Å². The van der Waals surface area contributed by atoms with Crippen molar-refractivity contribution in [3.63, 3.8) is 0 Å². The van der Waals surface area contributed by atoms with Crippen molar-refractivity contribution in [2.45, 2.75) is 452 Å². The van der Waals surface area contributed by atoms with Gasteiger partial charge >= 0.3 is 39.5 Å². The van der Waals surface area contributed by atoms with E-state index in [0.717, 1.165) is 102 Å². The second kappa shape index (κ2) is 73.6. The Bertz CT molecular complexity index is 1940. The molecule has 0 aliphatic rings. The molecule has 0 spiro atoms. The van der Waals surface area contributed by atoms with Crippen molar-refractivity contribution in [2.24, 2.45) is 11.8 Å². The van der Waals surface area contributed by atoms with Crippen LogP contribution in [0.15, 0.2) is 0 Å². The number of esters is 4. The molecule has 0 fully saturated rings. The van der Waals surface area contributed by atoms with Crippen molar-refractivity contribution in [3.8, 4) is 0 Å². The summed E-state index contributed by atoms with van der Waals surface area (Å²) >= 11 is 0. The minimum atomic E-state index is -4.96. The van der Waals surface area contributed by atoms with Gasteiger partial charge in [-0.25, -0.2) is 9.13 Å². The third-order valence-electron chi connectivity index (χ3n) is 19.6. The largest absolute Gasteiger partial charge is 0.472 e. The molecule has 0 aromatic carbocycles. The summed E-state index contributed by atoms with van der Waals surface area (Å²) in [6.07, 6.45) is 63.7. The molecular formula is C82H160O17P2. The Morgan fingerprint density at radius 3 is 0.752 bits per heavy atom. The summed E-state index contributed by atoms with van der Waals surface area (Å²) in [5, 5.41) is 10.6. The molecule has 0 aromatic heterocycles. The normalized spacial score (nSPS) is 14.2. The van der Waals surface area contributed by atoms with Gasteiger partial charge in [-0.05, 0) is 37.5 Å². The molecule has 6 atom stereocenters. The lowest BCUT2D eigenvalue weighted by atomic mass is 9.99. The van der Waals surface area contributed by atoms with Crippen molar-refractivity contribution in [2.75, 3.05) is 39.6 Å². The fourth-order valence-electron chi connectivity index (χ4n) is 12.7. The number of phosphoric ester groups is 2. The first-order valence-electron chi connectivity index (χ1n) is 42.5. The fourth-order valence-corrected chi connectivity index (χ4v) is 14.3. The summed E-state index contributed by atoms with van der Waals surface area (Å²) in [6, 6.07) is 0. The molecule has 0 rings (SSSR count). The molecule has 101 heavy (non-hydrogen) atoms. The van der Waals surface area contributed by atoms with Crippen molar-refractivity contribution in [3.05, 3.63) is 0 Å². The van der Waals surface area contributed by atoms with Gasteiger partial charge in [0.15, 0.2) is 12.2 Å². The van der Waals surface area contributed by atoms with Gasteiger partial charge in [-0.15, -0.1) is 0 Å². The Balaban J connectivity index is 5.23. The molecule has 3 unspecified atom stereocenters. The lowest BCUT2D eigenvalue weighted by Gasteiger charge is -2.21. The molecule has 3 N–H and O–H groups in total. The van der Waals surface area contributed by atoms with E-state index in [2.05, 4.69) is 41.5 Å². The first-order chi connectivity index (χ1) is 48.9. The molecule has 17 nitrogen and oxygen atoms in total. The zero-order chi connectivity index (χ0) is 74.2. The van der Waals surface area contributed by atoms with Gasteiger partial charge in [0.1, 0.15) is 19.3 Å². The van der Waals surface area contributed by atoms with Gasteiger partial charge in [-0.2, -0.15) is 0 Å². The number of hydrogen-bond donors (Lipinski definition) is 3. The second-order valence-corrected chi connectivity index (χ2v) is 33.1. The van der Waals surface area contributed by atoms with E-state index in [4.69, 9.17) is 37.0 Å². The predicted molar refractivity (Wildman–Crippen MR) is 414 cm³/mol. The molecule has 0 amide bonds.